The number of carbonyl (C=O) groups is 2. The smallest absolute Gasteiger partial charge is 0.319 e. The highest BCUT2D eigenvalue weighted by atomic mass is 35.5. The van der Waals surface area contributed by atoms with Gasteiger partial charge in [0, 0.05) is 37.4 Å². The molecule has 1 aliphatic rings. The predicted molar refractivity (Wildman–Crippen MR) is 108 cm³/mol. The van der Waals surface area contributed by atoms with Crippen LogP contribution in [0.25, 0.3) is 0 Å². The number of halogens is 2. The molecular formula is C19H20Cl2N4O3. The fourth-order valence-electron chi connectivity index (χ4n) is 2.86. The second kappa shape index (κ2) is 9.12. The van der Waals surface area contributed by atoms with Crippen molar-refractivity contribution in [1.82, 2.24) is 15.2 Å². The molecule has 28 heavy (non-hydrogen) atoms. The van der Waals surface area contributed by atoms with Gasteiger partial charge < -0.3 is 20.3 Å². The molecule has 7 nitrogen and oxygen atoms in total. The molecule has 1 aromatic carbocycles. The molecule has 2 heterocycles. The van der Waals surface area contributed by atoms with Crippen molar-refractivity contribution in [2.75, 3.05) is 18.4 Å². The number of aromatic nitrogens is 1. The molecule has 148 valence electrons. The lowest BCUT2D eigenvalue weighted by Crippen LogP contribution is -2.44. The Morgan fingerprint density at radius 1 is 1.32 bits per heavy atom. The molecule has 9 heteroatoms. The van der Waals surface area contributed by atoms with Crippen LogP contribution < -0.4 is 15.4 Å². The van der Waals surface area contributed by atoms with Gasteiger partial charge >= 0.3 is 6.03 Å². The lowest BCUT2D eigenvalue weighted by Gasteiger charge is -2.21. The maximum atomic E-state index is 12.1. The van der Waals surface area contributed by atoms with Gasteiger partial charge in [0.05, 0.1) is 5.02 Å². The summed E-state index contributed by atoms with van der Waals surface area (Å²) >= 11 is 11.8. The number of urea groups is 1. The highest BCUT2D eigenvalue weighted by Gasteiger charge is 2.22. The number of ether oxygens (including phenoxy) is 1. The number of hydrogen-bond donors (Lipinski definition) is 2. The summed E-state index contributed by atoms with van der Waals surface area (Å²) in [7, 11) is 0. The monoisotopic (exact) mass is 422 g/mol. The topological polar surface area (TPSA) is 83.6 Å². The summed E-state index contributed by atoms with van der Waals surface area (Å²) in [4.78, 5) is 29.6. The minimum atomic E-state index is -0.338. The Labute approximate surface area is 173 Å². The first-order valence-corrected chi connectivity index (χ1v) is 9.60. The van der Waals surface area contributed by atoms with E-state index in [2.05, 4.69) is 15.6 Å². The summed E-state index contributed by atoms with van der Waals surface area (Å²) in [5.41, 5.74) is 0.601. The number of benzene rings is 1. The molecule has 2 N–H and O–H groups in total. The van der Waals surface area contributed by atoms with Crippen LogP contribution in [0.1, 0.15) is 19.8 Å². The third kappa shape index (κ3) is 5.50. The number of carbonyl (C=O) groups excluding carboxylic acids is 2. The Kier molecular flexibility index (Phi) is 6.59. The molecule has 1 unspecified atom stereocenters. The molecule has 0 aliphatic carbocycles. The molecule has 3 rings (SSSR count). The number of hydrogen-bond acceptors (Lipinski definition) is 4. The second-order valence-electron chi connectivity index (χ2n) is 6.51. The Morgan fingerprint density at radius 3 is 2.71 bits per heavy atom. The van der Waals surface area contributed by atoms with Gasteiger partial charge in [0.2, 0.25) is 11.8 Å². The minimum absolute atomic E-state index is 0.139. The lowest BCUT2D eigenvalue weighted by atomic mass is 10.3. The van der Waals surface area contributed by atoms with Gasteiger partial charge in [0.25, 0.3) is 0 Å². The van der Waals surface area contributed by atoms with Gasteiger partial charge in [-0.05, 0) is 43.7 Å². The molecule has 2 aromatic rings. The third-order valence-corrected chi connectivity index (χ3v) is 4.62. The third-order valence-electron chi connectivity index (χ3n) is 4.14. The van der Waals surface area contributed by atoms with Crippen LogP contribution in [-0.4, -0.2) is 41.0 Å². The van der Waals surface area contributed by atoms with Crippen LogP contribution in [0.3, 0.4) is 0 Å². The van der Waals surface area contributed by atoms with Gasteiger partial charge in [-0.3, -0.25) is 4.79 Å². The van der Waals surface area contributed by atoms with E-state index < -0.39 is 0 Å². The Bertz CT molecular complexity index is 861. The van der Waals surface area contributed by atoms with E-state index in [1.54, 1.807) is 35.2 Å². The van der Waals surface area contributed by atoms with Crippen LogP contribution in [-0.2, 0) is 4.79 Å². The molecule has 0 bridgehead atoms. The van der Waals surface area contributed by atoms with E-state index >= 15 is 0 Å². The Morgan fingerprint density at radius 2 is 2.07 bits per heavy atom. The second-order valence-corrected chi connectivity index (χ2v) is 7.35. The summed E-state index contributed by atoms with van der Waals surface area (Å²) in [6.45, 7) is 3.12. The van der Waals surface area contributed by atoms with Crippen molar-refractivity contribution in [3.63, 3.8) is 0 Å². The number of nitrogens with zero attached hydrogens (tertiary/aromatic N) is 2. The van der Waals surface area contributed by atoms with E-state index in [0.717, 1.165) is 13.0 Å². The molecule has 1 atom stereocenters. The maximum absolute atomic E-state index is 12.1. The zero-order valence-electron chi connectivity index (χ0n) is 15.2. The first-order valence-electron chi connectivity index (χ1n) is 8.85. The highest BCUT2D eigenvalue weighted by Crippen LogP contribution is 2.29. The minimum Gasteiger partial charge on any atom is -0.438 e. The van der Waals surface area contributed by atoms with Crippen molar-refractivity contribution in [1.29, 1.82) is 0 Å². The van der Waals surface area contributed by atoms with Gasteiger partial charge in [0.1, 0.15) is 10.8 Å². The van der Waals surface area contributed by atoms with Gasteiger partial charge in [-0.1, -0.05) is 23.2 Å². The first-order chi connectivity index (χ1) is 13.4. The predicted octanol–water partition coefficient (Wildman–Crippen LogP) is 4.31. The molecule has 1 saturated heterocycles. The average Bonchev–Trinajstić information content (AvgIpc) is 3.03. The van der Waals surface area contributed by atoms with Crippen molar-refractivity contribution in [3.05, 3.63) is 46.6 Å². The van der Waals surface area contributed by atoms with Crippen LogP contribution in [0.5, 0.6) is 11.6 Å². The van der Waals surface area contributed by atoms with E-state index in [-0.39, 0.29) is 23.9 Å². The first kappa shape index (κ1) is 20.2. The van der Waals surface area contributed by atoms with Crippen LogP contribution in [0.2, 0.25) is 10.0 Å². The average molecular weight is 423 g/mol. The number of rotatable bonds is 6. The van der Waals surface area contributed by atoms with Gasteiger partial charge in [-0.15, -0.1) is 0 Å². The molecular weight excluding hydrogens is 403 g/mol. The molecule has 0 saturated carbocycles. The van der Waals surface area contributed by atoms with Crippen LogP contribution in [0, 0.1) is 0 Å². The van der Waals surface area contributed by atoms with E-state index in [4.69, 9.17) is 27.9 Å². The van der Waals surface area contributed by atoms with Crippen molar-refractivity contribution in [3.8, 4) is 11.6 Å². The van der Waals surface area contributed by atoms with Crippen LogP contribution >= 0.6 is 23.2 Å². The van der Waals surface area contributed by atoms with E-state index in [0.29, 0.717) is 34.4 Å². The maximum Gasteiger partial charge on any atom is 0.319 e. The van der Waals surface area contributed by atoms with E-state index in [1.807, 2.05) is 6.92 Å². The van der Waals surface area contributed by atoms with Crippen molar-refractivity contribution < 1.29 is 14.3 Å². The molecule has 1 aliphatic heterocycles. The Hall–Kier alpha value is -2.51. The summed E-state index contributed by atoms with van der Waals surface area (Å²) in [5.74, 6) is 0.901. The molecule has 3 amide bonds. The van der Waals surface area contributed by atoms with Gasteiger partial charge in [-0.2, -0.15) is 0 Å². The van der Waals surface area contributed by atoms with Crippen molar-refractivity contribution in [2.24, 2.45) is 0 Å². The number of pyridine rings is 1. The SMILES string of the molecule is CC(CN1CCCC1=O)NC(=O)Nc1ccc(Oc2ncc(Cl)cc2Cl)cc1. The summed E-state index contributed by atoms with van der Waals surface area (Å²) in [6, 6.07) is 7.84. The number of likely N-dealkylation sites (tertiary alicyclic amines) is 1. The lowest BCUT2D eigenvalue weighted by molar-refractivity contribution is -0.127. The fourth-order valence-corrected chi connectivity index (χ4v) is 3.28. The molecule has 1 fully saturated rings. The van der Waals surface area contributed by atoms with Gasteiger partial charge in [0.15, 0.2) is 0 Å². The standard InChI is InChI=1S/C19H20Cl2N4O3/c1-12(11-25-8-2-3-17(25)26)23-19(27)24-14-4-6-15(7-5-14)28-18-16(21)9-13(20)10-22-18/h4-7,9-10,12H,2-3,8,11H2,1H3,(H2,23,24,27). The summed E-state index contributed by atoms with van der Waals surface area (Å²) in [6.07, 6.45) is 2.91. The number of nitrogens with one attached hydrogen (secondary N) is 2. The molecule has 1 aromatic heterocycles. The van der Waals surface area contributed by atoms with Crippen LogP contribution in [0.4, 0.5) is 10.5 Å². The normalized spacial score (nSPS) is 14.7. The van der Waals surface area contributed by atoms with Gasteiger partial charge in [-0.25, -0.2) is 9.78 Å². The largest absolute Gasteiger partial charge is 0.438 e. The Balaban J connectivity index is 1.50. The van der Waals surface area contributed by atoms with E-state index in [1.165, 1.54) is 6.20 Å². The number of amides is 3. The summed E-state index contributed by atoms with van der Waals surface area (Å²) in [5, 5.41) is 6.31. The van der Waals surface area contributed by atoms with Crippen molar-refractivity contribution in [2.45, 2.75) is 25.8 Å². The van der Waals surface area contributed by atoms with E-state index in [9.17, 15) is 9.59 Å². The zero-order valence-corrected chi connectivity index (χ0v) is 16.8. The number of anilines is 1. The van der Waals surface area contributed by atoms with Crippen LogP contribution in [0.15, 0.2) is 36.5 Å². The molecule has 0 spiro atoms. The fraction of sp³-hybridized carbons (Fsp3) is 0.316. The highest BCUT2D eigenvalue weighted by molar-refractivity contribution is 6.35. The van der Waals surface area contributed by atoms with Crippen molar-refractivity contribution >= 4 is 40.8 Å². The quantitative estimate of drug-likeness (QED) is 0.725. The molecule has 0 radical (unpaired) electrons. The summed E-state index contributed by atoms with van der Waals surface area (Å²) < 4.78 is 5.61. The zero-order chi connectivity index (χ0) is 20.1.